The number of aromatic nitrogens is 2. The first-order valence-corrected chi connectivity index (χ1v) is 9.61. The number of sulfonamides is 1. The third-order valence-corrected chi connectivity index (χ3v) is 5.89. The first-order chi connectivity index (χ1) is 9.93. The standard InChI is InChI=1S/C12H15ClN4O2S2/c1-21(18,19)17-5-3-16(4-6-17)8-10-14-11(13)9-2-7-20-12(9)15-10/h2,7H,3-6,8H2,1H3. The molecule has 0 spiro atoms. The average Bonchev–Trinajstić information content (AvgIpc) is 2.87. The van der Waals surface area contributed by atoms with Crippen LogP contribution < -0.4 is 0 Å². The van der Waals surface area contributed by atoms with Crippen molar-refractivity contribution in [2.45, 2.75) is 6.54 Å². The summed E-state index contributed by atoms with van der Waals surface area (Å²) in [4.78, 5) is 11.9. The summed E-state index contributed by atoms with van der Waals surface area (Å²) in [7, 11) is -3.09. The van der Waals surface area contributed by atoms with E-state index in [0.717, 1.165) is 10.2 Å². The van der Waals surface area contributed by atoms with Gasteiger partial charge >= 0.3 is 0 Å². The van der Waals surface area contributed by atoms with Crippen LogP contribution in [-0.2, 0) is 16.6 Å². The summed E-state index contributed by atoms with van der Waals surface area (Å²) in [6, 6.07) is 1.91. The average molecular weight is 347 g/mol. The van der Waals surface area contributed by atoms with Gasteiger partial charge in [0.1, 0.15) is 15.8 Å². The molecule has 3 rings (SSSR count). The van der Waals surface area contributed by atoms with Crippen LogP contribution >= 0.6 is 22.9 Å². The Bertz CT molecular complexity index is 754. The smallest absolute Gasteiger partial charge is 0.211 e. The highest BCUT2D eigenvalue weighted by Gasteiger charge is 2.24. The van der Waals surface area contributed by atoms with E-state index < -0.39 is 10.0 Å². The summed E-state index contributed by atoms with van der Waals surface area (Å²) >= 11 is 7.69. The van der Waals surface area contributed by atoms with E-state index in [1.54, 1.807) is 0 Å². The Kier molecular flexibility index (Phi) is 4.15. The van der Waals surface area contributed by atoms with E-state index >= 15 is 0 Å². The van der Waals surface area contributed by atoms with Gasteiger partial charge in [0.25, 0.3) is 0 Å². The van der Waals surface area contributed by atoms with Crippen molar-refractivity contribution in [2.24, 2.45) is 0 Å². The fourth-order valence-corrected chi connectivity index (χ4v) is 4.27. The first kappa shape index (κ1) is 15.1. The summed E-state index contributed by atoms with van der Waals surface area (Å²) in [5, 5.41) is 3.30. The van der Waals surface area contributed by atoms with Crippen LogP contribution in [0.2, 0.25) is 5.15 Å². The number of piperazine rings is 1. The molecule has 21 heavy (non-hydrogen) atoms. The minimum Gasteiger partial charge on any atom is -0.293 e. The van der Waals surface area contributed by atoms with Crippen LogP contribution in [-0.4, -0.2) is 60.0 Å². The Morgan fingerprint density at radius 3 is 2.67 bits per heavy atom. The highest BCUT2D eigenvalue weighted by Crippen LogP contribution is 2.25. The number of hydrogen-bond donors (Lipinski definition) is 0. The van der Waals surface area contributed by atoms with Crippen molar-refractivity contribution in [1.82, 2.24) is 19.2 Å². The molecular weight excluding hydrogens is 332 g/mol. The Labute approximate surface area is 132 Å². The summed E-state index contributed by atoms with van der Waals surface area (Å²) in [6.07, 6.45) is 1.25. The van der Waals surface area contributed by atoms with Crippen molar-refractivity contribution in [3.05, 3.63) is 22.4 Å². The second-order valence-corrected chi connectivity index (χ2v) is 8.24. The molecule has 0 aromatic carbocycles. The van der Waals surface area contributed by atoms with Crippen LogP contribution in [0.1, 0.15) is 5.82 Å². The van der Waals surface area contributed by atoms with E-state index in [4.69, 9.17) is 11.6 Å². The van der Waals surface area contributed by atoms with Gasteiger partial charge in [-0.15, -0.1) is 11.3 Å². The minimum atomic E-state index is -3.09. The molecule has 0 amide bonds. The fourth-order valence-electron chi connectivity index (χ4n) is 2.35. The lowest BCUT2D eigenvalue weighted by Crippen LogP contribution is -2.48. The first-order valence-electron chi connectivity index (χ1n) is 6.50. The van der Waals surface area contributed by atoms with E-state index in [2.05, 4.69) is 14.9 Å². The van der Waals surface area contributed by atoms with Gasteiger partial charge < -0.3 is 0 Å². The van der Waals surface area contributed by atoms with Gasteiger partial charge in [0.2, 0.25) is 10.0 Å². The molecular formula is C12H15ClN4O2S2. The molecule has 0 atom stereocenters. The lowest BCUT2D eigenvalue weighted by Gasteiger charge is -2.32. The second-order valence-electron chi connectivity index (χ2n) is 5.01. The monoisotopic (exact) mass is 346 g/mol. The fraction of sp³-hybridized carbons (Fsp3) is 0.500. The Morgan fingerprint density at radius 2 is 2.00 bits per heavy atom. The molecule has 0 saturated carbocycles. The summed E-state index contributed by atoms with van der Waals surface area (Å²) in [5.74, 6) is 0.683. The molecule has 0 radical (unpaired) electrons. The molecule has 0 N–H and O–H groups in total. The van der Waals surface area contributed by atoms with Gasteiger partial charge in [-0.2, -0.15) is 4.31 Å². The third kappa shape index (κ3) is 3.35. The largest absolute Gasteiger partial charge is 0.293 e. The van der Waals surface area contributed by atoms with Crippen LogP contribution in [0.4, 0.5) is 0 Å². The Balaban J connectivity index is 1.69. The molecule has 2 aromatic rings. The second kappa shape index (κ2) is 5.77. The highest BCUT2D eigenvalue weighted by atomic mass is 35.5. The molecule has 0 unspecified atom stereocenters. The quantitative estimate of drug-likeness (QED) is 0.786. The maximum atomic E-state index is 11.5. The molecule has 6 nitrogen and oxygen atoms in total. The molecule has 2 aromatic heterocycles. The Hall–Kier alpha value is -0.800. The maximum absolute atomic E-state index is 11.5. The number of nitrogens with zero attached hydrogens (tertiary/aromatic N) is 4. The number of hydrogen-bond acceptors (Lipinski definition) is 6. The van der Waals surface area contributed by atoms with Crippen molar-refractivity contribution in [3.63, 3.8) is 0 Å². The molecule has 1 fully saturated rings. The topological polar surface area (TPSA) is 66.4 Å². The van der Waals surface area contributed by atoms with Crippen molar-refractivity contribution >= 4 is 43.2 Å². The maximum Gasteiger partial charge on any atom is 0.211 e. The molecule has 1 saturated heterocycles. The van der Waals surface area contributed by atoms with E-state index in [1.165, 1.54) is 21.9 Å². The van der Waals surface area contributed by atoms with Crippen LogP contribution in [0, 0.1) is 0 Å². The number of thiophene rings is 1. The lowest BCUT2D eigenvalue weighted by molar-refractivity contribution is 0.179. The Morgan fingerprint density at radius 1 is 1.29 bits per heavy atom. The predicted molar refractivity (Wildman–Crippen MR) is 84.1 cm³/mol. The molecule has 0 bridgehead atoms. The van der Waals surface area contributed by atoms with Crippen LogP contribution in [0.5, 0.6) is 0 Å². The molecule has 1 aliphatic rings. The van der Waals surface area contributed by atoms with Crippen LogP contribution in [0.15, 0.2) is 11.4 Å². The molecule has 114 valence electrons. The molecule has 0 aliphatic carbocycles. The third-order valence-electron chi connectivity index (χ3n) is 3.49. The molecule has 9 heteroatoms. The molecule has 3 heterocycles. The summed E-state index contributed by atoms with van der Waals surface area (Å²) < 4.78 is 24.5. The van der Waals surface area contributed by atoms with Gasteiger partial charge in [-0.3, -0.25) is 4.90 Å². The van der Waals surface area contributed by atoms with Gasteiger partial charge in [-0.25, -0.2) is 18.4 Å². The van der Waals surface area contributed by atoms with Gasteiger partial charge in [-0.05, 0) is 11.4 Å². The van der Waals surface area contributed by atoms with Crippen LogP contribution in [0.25, 0.3) is 10.2 Å². The lowest BCUT2D eigenvalue weighted by atomic mass is 10.3. The zero-order chi connectivity index (χ0) is 15.0. The van der Waals surface area contributed by atoms with Gasteiger partial charge in [0.05, 0.1) is 12.8 Å². The van der Waals surface area contributed by atoms with E-state index in [9.17, 15) is 8.42 Å². The van der Waals surface area contributed by atoms with Crippen molar-refractivity contribution in [1.29, 1.82) is 0 Å². The summed E-state index contributed by atoms with van der Waals surface area (Å²) in [6.45, 7) is 2.96. The van der Waals surface area contributed by atoms with Crippen molar-refractivity contribution < 1.29 is 8.42 Å². The SMILES string of the molecule is CS(=O)(=O)N1CCN(Cc2nc(Cl)c3ccsc3n2)CC1. The van der Waals surface area contributed by atoms with Gasteiger partial charge in [0.15, 0.2) is 0 Å². The van der Waals surface area contributed by atoms with Gasteiger partial charge in [0, 0.05) is 31.6 Å². The van der Waals surface area contributed by atoms with E-state index in [-0.39, 0.29) is 0 Å². The van der Waals surface area contributed by atoms with Gasteiger partial charge in [-0.1, -0.05) is 11.6 Å². The van der Waals surface area contributed by atoms with E-state index in [0.29, 0.717) is 43.7 Å². The normalized spacial score (nSPS) is 18.4. The summed E-state index contributed by atoms with van der Waals surface area (Å²) in [5.41, 5.74) is 0. The number of fused-ring (bicyclic) bond motifs is 1. The predicted octanol–water partition coefficient (Wildman–Crippen LogP) is 1.42. The zero-order valence-electron chi connectivity index (χ0n) is 11.5. The van der Waals surface area contributed by atoms with Crippen LogP contribution in [0.3, 0.4) is 0 Å². The minimum absolute atomic E-state index is 0.478. The highest BCUT2D eigenvalue weighted by molar-refractivity contribution is 7.88. The number of rotatable bonds is 3. The van der Waals surface area contributed by atoms with Crippen molar-refractivity contribution in [3.8, 4) is 0 Å². The number of halogens is 1. The zero-order valence-corrected chi connectivity index (χ0v) is 13.9. The molecule has 1 aliphatic heterocycles. The van der Waals surface area contributed by atoms with Crippen molar-refractivity contribution in [2.75, 3.05) is 32.4 Å². The van der Waals surface area contributed by atoms with E-state index in [1.807, 2.05) is 11.4 Å².